The maximum atomic E-state index is 5.96. The van der Waals surface area contributed by atoms with Gasteiger partial charge in [0.05, 0.1) is 0 Å². The molecule has 1 N–H and O–H groups in total. The highest BCUT2D eigenvalue weighted by Crippen LogP contribution is 2.42. The first-order valence-electron chi connectivity index (χ1n) is 7.00. The number of hydrogen-bond donors (Lipinski definition) is 1. The van der Waals surface area contributed by atoms with E-state index in [4.69, 9.17) is 4.74 Å². The maximum Gasteiger partial charge on any atom is 0.182 e. The molecule has 2 aliphatic rings. The molecule has 4 heteroatoms. The van der Waals surface area contributed by atoms with E-state index < -0.39 is 0 Å². The molecule has 0 bridgehead atoms. The van der Waals surface area contributed by atoms with Crippen molar-refractivity contribution in [2.45, 2.75) is 19.4 Å². The fourth-order valence-electron chi connectivity index (χ4n) is 3.03. The molecule has 2 aliphatic heterocycles. The van der Waals surface area contributed by atoms with Crippen LogP contribution in [0.3, 0.4) is 0 Å². The first kappa shape index (κ1) is 12.1. The number of pyridine rings is 1. The molecule has 0 unspecified atom stereocenters. The number of rotatable bonds is 0. The molecule has 0 atom stereocenters. The summed E-state index contributed by atoms with van der Waals surface area (Å²) in [6.07, 6.45) is 6.06. The predicted molar refractivity (Wildman–Crippen MR) is 81.0 cm³/mol. The molecule has 0 amide bonds. The Morgan fingerprint density at radius 2 is 2.05 bits per heavy atom. The van der Waals surface area contributed by atoms with Gasteiger partial charge in [-0.1, -0.05) is 5.57 Å². The molecule has 102 valence electrons. The van der Waals surface area contributed by atoms with Gasteiger partial charge in [0.25, 0.3) is 0 Å². The van der Waals surface area contributed by atoms with Gasteiger partial charge in [-0.3, -0.25) is 4.98 Å². The highest BCUT2D eigenvalue weighted by Gasteiger charge is 2.23. The molecule has 4 rings (SSSR count). The van der Waals surface area contributed by atoms with Crippen molar-refractivity contribution in [3.05, 3.63) is 52.2 Å². The van der Waals surface area contributed by atoms with Crippen molar-refractivity contribution in [2.75, 3.05) is 13.1 Å². The van der Waals surface area contributed by atoms with Crippen LogP contribution in [0.2, 0.25) is 0 Å². The van der Waals surface area contributed by atoms with Gasteiger partial charge >= 0.3 is 0 Å². The molecule has 1 fully saturated rings. The van der Waals surface area contributed by atoms with Crippen LogP contribution in [-0.2, 0) is 6.61 Å². The molecule has 0 aromatic carbocycles. The lowest BCUT2D eigenvalue weighted by atomic mass is 9.89. The Labute approximate surface area is 122 Å². The number of hydrogen-bond acceptors (Lipinski definition) is 4. The van der Waals surface area contributed by atoms with Gasteiger partial charge in [0, 0.05) is 23.5 Å². The summed E-state index contributed by atoms with van der Waals surface area (Å²) >= 11 is 1.68. The normalized spacial score (nSPS) is 18.0. The van der Waals surface area contributed by atoms with Crippen LogP contribution in [-0.4, -0.2) is 18.1 Å². The van der Waals surface area contributed by atoms with E-state index in [-0.39, 0.29) is 0 Å². The first-order chi connectivity index (χ1) is 9.93. The van der Waals surface area contributed by atoms with Crippen LogP contribution in [0, 0.1) is 0 Å². The van der Waals surface area contributed by atoms with Crippen molar-refractivity contribution in [1.29, 1.82) is 0 Å². The van der Waals surface area contributed by atoms with Crippen molar-refractivity contribution in [3.63, 3.8) is 0 Å². The summed E-state index contributed by atoms with van der Waals surface area (Å²) in [5.74, 6) is 0. The fraction of sp³-hybridized carbons (Fsp3) is 0.312. The zero-order valence-electron chi connectivity index (χ0n) is 11.2. The minimum Gasteiger partial charge on any atom is -0.479 e. The third-order valence-corrected chi connectivity index (χ3v) is 4.82. The summed E-state index contributed by atoms with van der Waals surface area (Å²) in [6.45, 7) is 2.75. The van der Waals surface area contributed by atoms with Crippen LogP contribution in [0.15, 0.2) is 35.5 Å². The SMILES string of the molecule is c1cc2c(cn1)COc1sccc1C2=C1CCNCC1. The Kier molecular flexibility index (Phi) is 3.05. The van der Waals surface area contributed by atoms with Crippen LogP contribution in [0.4, 0.5) is 0 Å². The van der Waals surface area contributed by atoms with E-state index in [1.54, 1.807) is 16.9 Å². The summed E-state index contributed by atoms with van der Waals surface area (Å²) in [4.78, 5) is 4.25. The Morgan fingerprint density at radius 1 is 1.15 bits per heavy atom. The monoisotopic (exact) mass is 284 g/mol. The second kappa shape index (κ2) is 5.04. The van der Waals surface area contributed by atoms with Gasteiger partial charge in [-0.2, -0.15) is 0 Å². The maximum absolute atomic E-state index is 5.96. The van der Waals surface area contributed by atoms with Crippen molar-refractivity contribution >= 4 is 16.9 Å². The van der Waals surface area contributed by atoms with Gasteiger partial charge in [-0.25, -0.2) is 0 Å². The fourth-order valence-corrected chi connectivity index (χ4v) is 3.78. The van der Waals surface area contributed by atoms with Gasteiger partial charge in [0.1, 0.15) is 6.61 Å². The van der Waals surface area contributed by atoms with E-state index in [1.165, 1.54) is 22.3 Å². The molecule has 2 aromatic heterocycles. The molecule has 20 heavy (non-hydrogen) atoms. The van der Waals surface area contributed by atoms with Crippen LogP contribution in [0.5, 0.6) is 5.06 Å². The number of nitrogens with one attached hydrogen (secondary N) is 1. The highest BCUT2D eigenvalue weighted by molar-refractivity contribution is 7.12. The van der Waals surface area contributed by atoms with E-state index in [9.17, 15) is 0 Å². The number of thiophene rings is 1. The lowest BCUT2D eigenvalue weighted by Crippen LogP contribution is -2.23. The zero-order valence-corrected chi connectivity index (χ0v) is 12.0. The predicted octanol–water partition coefficient (Wildman–Crippen LogP) is 3.22. The summed E-state index contributed by atoms with van der Waals surface area (Å²) in [5, 5.41) is 6.60. The molecule has 3 nitrogen and oxygen atoms in total. The van der Waals surface area contributed by atoms with Gasteiger partial charge in [-0.05, 0) is 54.6 Å². The number of ether oxygens (including phenoxy) is 1. The second-order valence-corrected chi connectivity index (χ2v) is 6.05. The first-order valence-corrected chi connectivity index (χ1v) is 7.88. The van der Waals surface area contributed by atoms with Crippen LogP contribution in [0.25, 0.3) is 5.57 Å². The van der Waals surface area contributed by atoms with E-state index in [2.05, 4.69) is 27.8 Å². The van der Waals surface area contributed by atoms with Gasteiger partial charge < -0.3 is 10.1 Å². The topological polar surface area (TPSA) is 34.1 Å². The second-order valence-electron chi connectivity index (χ2n) is 5.17. The lowest BCUT2D eigenvalue weighted by Gasteiger charge is -2.20. The summed E-state index contributed by atoms with van der Waals surface area (Å²) < 4.78 is 5.96. The Balaban J connectivity index is 1.96. The van der Waals surface area contributed by atoms with Crippen LogP contribution < -0.4 is 10.1 Å². The lowest BCUT2D eigenvalue weighted by molar-refractivity contribution is 0.316. The Bertz CT molecular complexity index is 667. The Hall–Kier alpha value is -1.65. The largest absolute Gasteiger partial charge is 0.479 e. The minimum absolute atomic E-state index is 0.617. The molecule has 4 heterocycles. The molecule has 0 spiro atoms. The molecular weight excluding hydrogens is 268 g/mol. The standard InChI is InChI=1S/C16H16N2OS/c1-5-17-6-2-11(1)15-13-3-7-18-9-12(13)10-19-16-14(15)4-8-20-16/h3-4,7-9,17H,1-2,5-6,10H2. The third-order valence-electron chi connectivity index (χ3n) is 3.99. The van der Waals surface area contributed by atoms with E-state index in [1.807, 2.05) is 12.4 Å². The van der Waals surface area contributed by atoms with Crippen LogP contribution in [0.1, 0.15) is 29.5 Å². The Morgan fingerprint density at radius 3 is 2.95 bits per heavy atom. The molecule has 2 aromatic rings. The number of nitrogens with zero attached hydrogens (tertiary/aromatic N) is 1. The molecule has 1 saturated heterocycles. The minimum atomic E-state index is 0.617. The zero-order chi connectivity index (χ0) is 13.4. The summed E-state index contributed by atoms with van der Waals surface area (Å²) in [7, 11) is 0. The number of piperidine rings is 1. The number of fused-ring (bicyclic) bond motifs is 2. The average molecular weight is 284 g/mol. The third kappa shape index (κ3) is 1.96. The van der Waals surface area contributed by atoms with Crippen molar-refractivity contribution in [3.8, 4) is 5.06 Å². The molecule has 0 saturated carbocycles. The van der Waals surface area contributed by atoms with Crippen molar-refractivity contribution < 1.29 is 4.74 Å². The molecule has 0 radical (unpaired) electrons. The summed E-state index contributed by atoms with van der Waals surface area (Å²) in [5.41, 5.74) is 6.68. The van der Waals surface area contributed by atoms with E-state index in [0.29, 0.717) is 6.61 Å². The van der Waals surface area contributed by atoms with E-state index >= 15 is 0 Å². The van der Waals surface area contributed by atoms with Gasteiger partial charge in [0.2, 0.25) is 0 Å². The molecule has 0 aliphatic carbocycles. The van der Waals surface area contributed by atoms with E-state index in [0.717, 1.165) is 31.0 Å². The van der Waals surface area contributed by atoms with Crippen molar-refractivity contribution in [2.24, 2.45) is 0 Å². The summed E-state index contributed by atoms with van der Waals surface area (Å²) in [6, 6.07) is 4.33. The van der Waals surface area contributed by atoms with Gasteiger partial charge in [0.15, 0.2) is 5.06 Å². The smallest absolute Gasteiger partial charge is 0.182 e. The van der Waals surface area contributed by atoms with Gasteiger partial charge in [-0.15, -0.1) is 11.3 Å². The van der Waals surface area contributed by atoms with Crippen LogP contribution >= 0.6 is 11.3 Å². The quantitative estimate of drug-likeness (QED) is 0.806. The van der Waals surface area contributed by atoms with Crippen molar-refractivity contribution in [1.82, 2.24) is 10.3 Å². The number of aromatic nitrogens is 1. The highest BCUT2D eigenvalue weighted by atomic mass is 32.1. The molecular formula is C16H16N2OS. The average Bonchev–Trinajstić information content (AvgIpc) is 2.90.